The van der Waals surface area contributed by atoms with E-state index in [1.807, 2.05) is 20.8 Å². The number of pyridine rings is 1. The molecular weight excluding hydrogens is 433 g/mol. The minimum absolute atomic E-state index is 0.0384. The molecule has 2 N–H and O–H groups in total. The number of fused-ring (bicyclic) bond motifs is 1. The van der Waals surface area contributed by atoms with Crippen molar-refractivity contribution < 1.29 is 27.5 Å². The minimum Gasteiger partial charge on any atom is -0.446 e. The zero-order valence-electron chi connectivity index (χ0n) is 17.7. The Morgan fingerprint density at radius 3 is 2.65 bits per heavy atom. The second kappa shape index (κ2) is 8.89. The highest BCUT2D eigenvalue weighted by molar-refractivity contribution is 7.17. The van der Waals surface area contributed by atoms with Crippen molar-refractivity contribution in [3.63, 3.8) is 0 Å². The quantitative estimate of drug-likeness (QED) is 0.723. The van der Waals surface area contributed by atoms with Crippen LogP contribution in [0.25, 0.3) is 10.2 Å². The number of nitrogens with one attached hydrogen (secondary N) is 2. The van der Waals surface area contributed by atoms with E-state index >= 15 is 0 Å². The van der Waals surface area contributed by atoms with E-state index in [-0.39, 0.29) is 39.7 Å². The van der Waals surface area contributed by atoms with E-state index in [1.54, 1.807) is 4.90 Å². The maximum Gasteiger partial charge on any atom is 0.417 e. The van der Waals surface area contributed by atoms with Crippen molar-refractivity contribution in [3.8, 4) is 0 Å². The highest BCUT2D eigenvalue weighted by Gasteiger charge is 2.37. The van der Waals surface area contributed by atoms with Gasteiger partial charge in [-0.1, -0.05) is 6.92 Å². The zero-order valence-corrected chi connectivity index (χ0v) is 18.5. The van der Waals surface area contributed by atoms with Gasteiger partial charge in [-0.3, -0.25) is 4.79 Å². The van der Waals surface area contributed by atoms with E-state index in [0.717, 1.165) is 17.4 Å². The van der Waals surface area contributed by atoms with Gasteiger partial charge in [-0.05, 0) is 19.9 Å². The normalized spacial score (nSPS) is 19.5. The summed E-state index contributed by atoms with van der Waals surface area (Å²) < 4.78 is 46.6. The van der Waals surface area contributed by atoms with Crippen LogP contribution in [-0.4, -0.2) is 49.3 Å². The molecule has 11 heteroatoms. The van der Waals surface area contributed by atoms with E-state index in [9.17, 15) is 22.8 Å². The van der Waals surface area contributed by atoms with Gasteiger partial charge in [-0.2, -0.15) is 13.2 Å². The molecule has 0 bridgehead atoms. The Morgan fingerprint density at radius 1 is 1.35 bits per heavy atom. The molecule has 2 atom stereocenters. The molecule has 7 nitrogen and oxygen atoms in total. The molecule has 2 aromatic rings. The molecule has 0 radical (unpaired) electrons. The first-order chi connectivity index (χ1) is 14.5. The van der Waals surface area contributed by atoms with E-state index in [1.165, 1.54) is 12.4 Å². The number of carbonyl (C=O) groups is 2. The van der Waals surface area contributed by atoms with Gasteiger partial charge in [0.25, 0.3) is 5.91 Å². The molecule has 2 unspecified atom stereocenters. The summed E-state index contributed by atoms with van der Waals surface area (Å²) in [5.41, 5.74) is -0.655. The Morgan fingerprint density at radius 2 is 2.06 bits per heavy atom. The number of anilines is 1. The summed E-state index contributed by atoms with van der Waals surface area (Å²) in [4.78, 5) is 30.2. The highest BCUT2D eigenvalue weighted by Crippen LogP contribution is 2.40. The average molecular weight is 459 g/mol. The monoisotopic (exact) mass is 458 g/mol. The molecule has 31 heavy (non-hydrogen) atoms. The number of nitrogens with zero attached hydrogens (tertiary/aromatic N) is 2. The lowest BCUT2D eigenvalue weighted by atomic mass is 9.96. The fourth-order valence-electron chi connectivity index (χ4n) is 3.58. The van der Waals surface area contributed by atoms with Gasteiger partial charge in [-0.15, -0.1) is 11.3 Å². The third kappa shape index (κ3) is 5.03. The van der Waals surface area contributed by atoms with Crippen molar-refractivity contribution >= 4 is 39.4 Å². The fourth-order valence-corrected chi connectivity index (χ4v) is 4.60. The fraction of sp³-hybridized carbons (Fsp3) is 0.550. The van der Waals surface area contributed by atoms with Crippen molar-refractivity contribution in [2.75, 3.05) is 25.0 Å². The molecule has 3 heterocycles. The first kappa shape index (κ1) is 23.1. The van der Waals surface area contributed by atoms with Crippen LogP contribution in [0, 0.1) is 5.92 Å². The van der Waals surface area contributed by atoms with Crippen LogP contribution < -0.4 is 15.5 Å². The zero-order chi connectivity index (χ0) is 22.9. The first-order valence-electron chi connectivity index (χ1n) is 9.94. The van der Waals surface area contributed by atoms with Crippen molar-refractivity contribution in [3.05, 3.63) is 22.6 Å². The summed E-state index contributed by atoms with van der Waals surface area (Å²) in [6.07, 6.45) is -4.97. The Hall–Kier alpha value is -2.56. The lowest BCUT2D eigenvalue weighted by Crippen LogP contribution is -2.46. The van der Waals surface area contributed by atoms with Crippen LogP contribution in [-0.2, 0) is 10.9 Å². The molecule has 1 saturated heterocycles. The molecule has 0 saturated carbocycles. The summed E-state index contributed by atoms with van der Waals surface area (Å²) in [7, 11) is 1.42. The van der Waals surface area contributed by atoms with Crippen LogP contribution in [0.5, 0.6) is 0 Å². The predicted octanol–water partition coefficient (Wildman–Crippen LogP) is 4.02. The SMILES string of the molecule is CNC(=O)c1csc2c(C(F)(F)F)cc(N3CCC(OC(=O)NC(C)C)C(C)C3)nc12. The number of ether oxygens (including phenoxy) is 1. The van der Waals surface area contributed by atoms with E-state index in [2.05, 4.69) is 15.6 Å². The number of rotatable bonds is 4. The van der Waals surface area contributed by atoms with Gasteiger partial charge in [0.1, 0.15) is 11.9 Å². The van der Waals surface area contributed by atoms with Gasteiger partial charge in [0.05, 0.1) is 21.3 Å². The molecule has 1 aliphatic heterocycles. The number of hydrogen-bond acceptors (Lipinski definition) is 6. The maximum atomic E-state index is 13.7. The van der Waals surface area contributed by atoms with Crippen LogP contribution in [0.15, 0.2) is 11.4 Å². The molecule has 170 valence electrons. The molecular formula is C20H25F3N4O3S. The van der Waals surface area contributed by atoms with E-state index < -0.39 is 23.7 Å². The molecule has 3 rings (SSSR count). The Labute approximate surface area is 182 Å². The summed E-state index contributed by atoms with van der Waals surface area (Å²) in [6.45, 7) is 6.27. The number of hydrogen-bond donors (Lipinski definition) is 2. The highest BCUT2D eigenvalue weighted by atomic mass is 32.1. The van der Waals surface area contributed by atoms with Crippen molar-refractivity contribution in [2.45, 2.75) is 45.5 Å². The number of piperidine rings is 1. The van der Waals surface area contributed by atoms with Gasteiger partial charge in [0.15, 0.2) is 0 Å². The van der Waals surface area contributed by atoms with E-state index in [4.69, 9.17) is 4.74 Å². The second-order valence-electron chi connectivity index (χ2n) is 7.89. The summed E-state index contributed by atoms with van der Waals surface area (Å²) in [5.74, 6) is -0.444. The van der Waals surface area contributed by atoms with Crippen molar-refractivity contribution in [2.24, 2.45) is 5.92 Å². The van der Waals surface area contributed by atoms with Crippen LogP contribution in [0.1, 0.15) is 43.1 Å². The van der Waals surface area contributed by atoms with Crippen LogP contribution in [0.3, 0.4) is 0 Å². The summed E-state index contributed by atoms with van der Waals surface area (Å²) >= 11 is 0.853. The summed E-state index contributed by atoms with van der Waals surface area (Å²) in [5, 5.41) is 6.50. The molecule has 1 fully saturated rings. The van der Waals surface area contributed by atoms with Crippen LogP contribution in [0.2, 0.25) is 0 Å². The lowest BCUT2D eigenvalue weighted by molar-refractivity contribution is -0.136. The van der Waals surface area contributed by atoms with Crippen molar-refractivity contribution in [1.29, 1.82) is 0 Å². The standard InChI is InChI=1S/C20H25F3N4O3S/c1-10(2)25-19(29)30-14-5-6-27(8-11(14)3)15-7-13(20(21,22)23)17-16(26-15)12(9-31-17)18(28)24-4/h7,9-11,14H,5-6,8H2,1-4H3,(H,24,28)(H,25,29). The van der Waals surface area contributed by atoms with Gasteiger partial charge in [0, 0.05) is 43.9 Å². The Kier molecular flexibility index (Phi) is 6.63. The Bertz CT molecular complexity index is 976. The third-order valence-corrected chi connectivity index (χ3v) is 6.10. The van der Waals surface area contributed by atoms with Gasteiger partial charge in [0.2, 0.25) is 0 Å². The number of carbonyl (C=O) groups excluding carboxylic acids is 2. The molecule has 0 aromatic carbocycles. The number of amides is 2. The van der Waals surface area contributed by atoms with Crippen molar-refractivity contribution in [1.82, 2.24) is 15.6 Å². The largest absolute Gasteiger partial charge is 0.446 e. The second-order valence-corrected chi connectivity index (χ2v) is 8.77. The lowest BCUT2D eigenvalue weighted by Gasteiger charge is -2.37. The van der Waals surface area contributed by atoms with Gasteiger partial charge < -0.3 is 20.3 Å². The number of alkyl halides is 3. The van der Waals surface area contributed by atoms with E-state index in [0.29, 0.717) is 19.5 Å². The molecule has 2 amide bonds. The molecule has 1 aliphatic rings. The minimum atomic E-state index is -4.58. The van der Waals surface area contributed by atoms with Gasteiger partial charge >= 0.3 is 12.3 Å². The molecule has 0 spiro atoms. The number of halogens is 3. The average Bonchev–Trinajstić information content (AvgIpc) is 3.10. The number of alkyl carbamates (subject to hydrolysis) is 1. The van der Waals surface area contributed by atoms with Crippen LogP contribution >= 0.6 is 11.3 Å². The first-order valence-corrected chi connectivity index (χ1v) is 10.8. The van der Waals surface area contributed by atoms with Gasteiger partial charge in [-0.25, -0.2) is 9.78 Å². The number of thiophene rings is 1. The smallest absolute Gasteiger partial charge is 0.417 e. The number of aromatic nitrogens is 1. The maximum absolute atomic E-state index is 13.7. The molecule has 0 aliphatic carbocycles. The topological polar surface area (TPSA) is 83.6 Å². The third-order valence-electron chi connectivity index (χ3n) is 5.10. The Balaban J connectivity index is 1.89. The predicted molar refractivity (Wildman–Crippen MR) is 113 cm³/mol. The molecule has 2 aromatic heterocycles. The summed E-state index contributed by atoms with van der Waals surface area (Å²) in [6, 6.07) is 0.978. The van der Waals surface area contributed by atoms with Crippen LogP contribution in [0.4, 0.5) is 23.8 Å².